The molecular weight excluding hydrogens is 239 g/mol. The molecule has 0 aliphatic rings. The van der Waals surface area contributed by atoms with Crippen molar-refractivity contribution in [3.05, 3.63) is 71.0 Å². The van der Waals surface area contributed by atoms with E-state index in [4.69, 9.17) is 5.73 Å². The van der Waals surface area contributed by atoms with E-state index in [0.29, 0.717) is 13.0 Å². The van der Waals surface area contributed by atoms with Crippen LogP contribution >= 0.6 is 0 Å². The maximum absolute atomic E-state index is 13.4. The molecule has 0 aliphatic carbocycles. The molecule has 19 heavy (non-hydrogen) atoms. The highest BCUT2D eigenvalue weighted by atomic mass is 19.1. The normalized spacial score (nSPS) is 10.6. The minimum absolute atomic E-state index is 0.130. The Morgan fingerprint density at radius 1 is 1.00 bits per heavy atom. The fourth-order valence-corrected chi connectivity index (χ4v) is 2.02. The van der Waals surface area contributed by atoms with Gasteiger partial charge >= 0.3 is 0 Å². The SMILES string of the molecule is NCc1cccc(CNCCc2ccccc2F)c1. The first-order valence-corrected chi connectivity index (χ1v) is 6.51. The van der Waals surface area contributed by atoms with Crippen molar-refractivity contribution in [1.82, 2.24) is 5.32 Å². The van der Waals surface area contributed by atoms with E-state index in [1.807, 2.05) is 24.3 Å². The molecule has 0 saturated heterocycles. The largest absolute Gasteiger partial charge is 0.326 e. The van der Waals surface area contributed by atoms with Crippen LogP contribution in [0.2, 0.25) is 0 Å². The highest BCUT2D eigenvalue weighted by molar-refractivity contribution is 5.23. The summed E-state index contributed by atoms with van der Waals surface area (Å²) in [7, 11) is 0. The van der Waals surface area contributed by atoms with Gasteiger partial charge in [-0.1, -0.05) is 42.5 Å². The Balaban J connectivity index is 1.79. The zero-order valence-corrected chi connectivity index (χ0v) is 10.9. The van der Waals surface area contributed by atoms with Crippen molar-refractivity contribution in [2.24, 2.45) is 5.73 Å². The summed E-state index contributed by atoms with van der Waals surface area (Å²) in [6.45, 7) is 2.10. The van der Waals surface area contributed by atoms with E-state index in [2.05, 4.69) is 17.4 Å². The first-order chi connectivity index (χ1) is 9.29. The average Bonchev–Trinajstić information content (AvgIpc) is 2.45. The molecule has 0 amide bonds. The van der Waals surface area contributed by atoms with Crippen LogP contribution in [0.3, 0.4) is 0 Å². The van der Waals surface area contributed by atoms with Crippen LogP contribution in [0, 0.1) is 5.82 Å². The van der Waals surface area contributed by atoms with Gasteiger partial charge in [-0.15, -0.1) is 0 Å². The van der Waals surface area contributed by atoms with Crippen LogP contribution in [-0.2, 0) is 19.5 Å². The predicted octanol–water partition coefficient (Wildman–Crippen LogP) is 2.62. The van der Waals surface area contributed by atoms with Crippen LogP contribution in [0.15, 0.2) is 48.5 Å². The van der Waals surface area contributed by atoms with E-state index in [1.165, 1.54) is 11.6 Å². The molecule has 0 spiro atoms. The number of hydrogen-bond acceptors (Lipinski definition) is 2. The molecule has 0 radical (unpaired) electrons. The van der Waals surface area contributed by atoms with E-state index < -0.39 is 0 Å². The predicted molar refractivity (Wildman–Crippen MR) is 76.1 cm³/mol. The van der Waals surface area contributed by atoms with E-state index in [0.717, 1.165) is 24.2 Å². The van der Waals surface area contributed by atoms with Crippen LogP contribution < -0.4 is 11.1 Å². The minimum atomic E-state index is -0.130. The second-order valence-corrected chi connectivity index (χ2v) is 4.54. The van der Waals surface area contributed by atoms with E-state index in [9.17, 15) is 4.39 Å². The van der Waals surface area contributed by atoms with Gasteiger partial charge in [0.15, 0.2) is 0 Å². The lowest BCUT2D eigenvalue weighted by atomic mass is 10.1. The summed E-state index contributed by atoms with van der Waals surface area (Å²) in [5.74, 6) is -0.130. The molecule has 0 atom stereocenters. The third-order valence-electron chi connectivity index (χ3n) is 3.09. The summed E-state index contributed by atoms with van der Waals surface area (Å²) < 4.78 is 13.4. The van der Waals surface area contributed by atoms with Crippen molar-refractivity contribution in [2.45, 2.75) is 19.5 Å². The van der Waals surface area contributed by atoms with Gasteiger partial charge in [-0.2, -0.15) is 0 Å². The minimum Gasteiger partial charge on any atom is -0.326 e. The fourth-order valence-electron chi connectivity index (χ4n) is 2.02. The number of benzene rings is 2. The maximum atomic E-state index is 13.4. The summed E-state index contributed by atoms with van der Waals surface area (Å²) in [4.78, 5) is 0. The van der Waals surface area contributed by atoms with Gasteiger partial charge in [0, 0.05) is 13.1 Å². The second-order valence-electron chi connectivity index (χ2n) is 4.54. The van der Waals surface area contributed by atoms with Crippen LogP contribution in [0.1, 0.15) is 16.7 Å². The third-order valence-corrected chi connectivity index (χ3v) is 3.09. The number of nitrogens with two attached hydrogens (primary N) is 1. The van der Waals surface area contributed by atoms with Crippen LogP contribution in [-0.4, -0.2) is 6.54 Å². The van der Waals surface area contributed by atoms with Gasteiger partial charge in [0.1, 0.15) is 5.82 Å². The molecule has 2 aromatic rings. The molecule has 0 heterocycles. The lowest BCUT2D eigenvalue weighted by Gasteiger charge is -2.07. The van der Waals surface area contributed by atoms with Crippen LogP contribution in [0.5, 0.6) is 0 Å². The second kappa shape index (κ2) is 7.02. The maximum Gasteiger partial charge on any atom is 0.126 e. The third kappa shape index (κ3) is 4.16. The van der Waals surface area contributed by atoms with Gasteiger partial charge in [0.2, 0.25) is 0 Å². The van der Waals surface area contributed by atoms with Crippen molar-refractivity contribution in [2.75, 3.05) is 6.54 Å². The number of halogens is 1. The standard InChI is InChI=1S/C16H19FN2/c17-16-7-2-1-6-15(16)8-9-19-12-14-5-3-4-13(10-14)11-18/h1-7,10,19H,8-9,11-12,18H2. The molecule has 0 saturated carbocycles. The van der Waals surface area contributed by atoms with Gasteiger partial charge in [0.25, 0.3) is 0 Å². The molecule has 0 aliphatic heterocycles. The highest BCUT2D eigenvalue weighted by Gasteiger charge is 2.00. The molecule has 3 heteroatoms. The van der Waals surface area contributed by atoms with E-state index in [1.54, 1.807) is 6.07 Å². The molecule has 0 bridgehead atoms. The topological polar surface area (TPSA) is 38.0 Å². The van der Waals surface area contributed by atoms with Crippen molar-refractivity contribution in [3.63, 3.8) is 0 Å². The first kappa shape index (κ1) is 13.7. The van der Waals surface area contributed by atoms with E-state index in [-0.39, 0.29) is 5.82 Å². The number of hydrogen-bond donors (Lipinski definition) is 2. The van der Waals surface area contributed by atoms with Gasteiger partial charge in [-0.25, -0.2) is 4.39 Å². The van der Waals surface area contributed by atoms with Gasteiger partial charge in [0.05, 0.1) is 0 Å². The molecule has 2 rings (SSSR count). The highest BCUT2D eigenvalue weighted by Crippen LogP contribution is 2.07. The molecule has 3 N–H and O–H groups in total. The quantitative estimate of drug-likeness (QED) is 0.782. The van der Waals surface area contributed by atoms with Gasteiger partial charge < -0.3 is 11.1 Å². The van der Waals surface area contributed by atoms with Crippen molar-refractivity contribution in [1.29, 1.82) is 0 Å². The Bertz CT molecular complexity index is 526. The molecule has 0 unspecified atom stereocenters. The van der Waals surface area contributed by atoms with Crippen LogP contribution in [0.4, 0.5) is 4.39 Å². The van der Waals surface area contributed by atoms with Crippen molar-refractivity contribution in [3.8, 4) is 0 Å². The molecule has 2 nitrogen and oxygen atoms in total. The van der Waals surface area contributed by atoms with Crippen LogP contribution in [0.25, 0.3) is 0 Å². The summed E-state index contributed by atoms with van der Waals surface area (Å²) >= 11 is 0. The number of rotatable bonds is 6. The first-order valence-electron chi connectivity index (χ1n) is 6.51. The summed E-state index contributed by atoms with van der Waals surface area (Å²) in [5, 5.41) is 3.32. The zero-order chi connectivity index (χ0) is 13.5. The van der Waals surface area contributed by atoms with E-state index >= 15 is 0 Å². The monoisotopic (exact) mass is 258 g/mol. The zero-order valence-electron chi connectivity index (χ0n) is 10.9. The Morgan fingerprint density at radius 3 is 2.58 bits per heavy atom. The molecule has 0 aromatic heterocycles. The lowest BCUT2D eigenvalue weighted by Crippen LogP contribution is -2.17. The Kier molecular flexibility index (Phi) is 5.07. The molecule has 100 valence electrons. The molecule has 2 aromatic carbocycles. The smallest absolute Gasteiger partial charge is 0.126 e. The number of nitrogens with one attached hydrogen (secondary N) is 1. The summed E-state index contributed by atoms with van der Waals surface area (Å²) in [6.07, 6.45) is 0.698. The van der Waals surface area contributed by atoms with Gasteiger partial charge in [-0.3, -0.25) is 0 Å². The van der Waals surface area contributed by atoms with Crippen molar-refractivity contribution >= 4 is 0 Å². The summed E-state index contributed by atoms with van der Waals surface area (Å²) in [6, 6.07) is 15.1. The molecular formula is C16H19FN2. The molecule has 0 fully saturated rings. The Morgan fingerprint density at radius 2 is 1.79 bits per heavy atom. The van der Waals surface area contributed by atoms with Gasteiger partial charge in [-0.05, 0) is 35.7 Å². The lowest BCUT2D eigenvalue weighted by molar-refractivity contribution is 0.598. The fraction of sp³-hybridized carbons (Fsp3) is 0.250. The Hall–Kier alpha value is -1.71. The summed E-state index contributed by atoms with van der Waals surface area (Å²) in [5.41, 5.74) is 8.70. The van der Waals surface area contributed by atoms with Crippen molar-refractivity contribution < 1.29 is 4.39 Å². The average molecular weight is 258 g/mol. The Labute approximate surface area is 113 Å².